The molecular weight excluding hydrogens is 290 g/mol. The molecule has 0 aliphatic rings. The molecule has 0 unspecified atom stereocenters. The fourth-order valence-electron chi connectivity index (χ4n) is 2.03. The molecule has 1 atom stereocenters. The molecule has 2 aromatic carbocycles. The number of hydrogen-bond acceptors (Lipinski definition) is 4. The van der Waals surface area contributed by atoms with Gasteiger partial charge in [-0.3, -0.25) is 0 Å². The molecule has 0 aromatic heterocycles. The van der Waals surface area contributed by atoms with Crippen LogP contribution in [0.4, 0.5) is 0 Å². The Labute approximate surface area is 136 Å². The number of ether oxygens (including phenoxy) is 2. The lowest BCUT2D eigenvalue weighted by molar-refractivity contribution is -0.136. The molecule has 0 bridgehead atoms. The second-order valence-corrected chi connectivity index (χ2v) is 5.28. The van der Waals surface area contributed by atoms with Gasteiger partial charge in [0.05, 0.1) is 11.6 Å². The second-order valence-electron chi connectivity index (χ2n) is 5.28. The Bertz CT molecular complexity index is 684. The van der Waals surface area contributed by atoms with Gasteiger partial charge in [0.25, 0.3) is 0 Å². The van der Waals surface area contributed by atoms with Crippen LogP contribution in [-0.4, -0.2) is 12.6 Å². The smallest absolute Gasteiger partial charge is 0.349 e. The first kappa shape index (κ1) is 16.6. The van der Waals surface area contributed by atoms with Gasteiger partial charge < -0.3 is 9.47 Å². The predicted molar refractivity (Wildman–Crippen MR) is 87.4 cm³/mol. The summed E-state index contributed by atoms with van der Waals surface area (Å²) < 4.78 is 10.6. The summed E-state index contributed by atoms with van der Waals surface area (Å²) in [5, 5.41) is 8.72. The molecule has 2 rings (SSSR count). The average molecular weight is 309 g/mol. The Morgan fingerprint density at radius 1 is 1.09 bits per heavy atom. The van der Waals surface area contributed by atoms with Gasteiger partial charge in [-0.05, 0) is 54.3 Å². The van der Waals surface area contributed by atoms with E-state index in [4.69, 9.17) is 14.7 Å². The minimum atomic E-state index is -0.467. The molecule has 4 nitrogen and oxygen atoms in total. The van der Waals surface area contributed by atoms with Crippen molar-refractivity contribution in [3.05, 3.63) is 59.7 Å². The molecule has 4 heteroatoms. The first-order valence-electron chi connectivity index (χ1n) is 7.56. The minimum Gasteiger partial charge on any atom is -0.482 e. The Hall–Kier alpha value is -2.80. The molecule has 0 radical (unpaired) electrons. The summed E-state index contributed by atoms with van der Waals surface area (Å²) in [7, 11) is 0. The normalized spacial score (nSPS) is 11.3. The molecule has 0 saturated carbocycles. The zero-order chi connectivity index (χ0) is 16.7. The number of benzene rings is 2. The summed E-state index contributed by atoms with van der Waals surface area (Å²) in [5.74, 6) is 1.05. The highest BCUT2D eigenvalue weighted by atomic mass is 16.6. The van der Waals surface area contributed by atoms with E-state index in [1.807, 2.05) is 18.2 Å². The SMILES string of the molecule is CC[C@H](C)c1ccc(OC(=O)COc2ccc(C#N)cc2)cc1. The number of esters is 1. The zero-order valence-electron chi connectivity index (χ0n) is 13.3. The molecule has 0 heterocycles. The lowest BCUT2D eigenvalue weighted by atomic mass is 9.99. The van der Waals surface area contributed by atoms with E-state index < -0.39 is 5.97 Å². The first-order valence-corrected chi connectivity index (χ1v) is 7.56. The molecular formula is C19H19NO3. The molecule has 0 saturated heterocycles. The largest absolute Gasteiger partial charge is 0.482 e. The van der Waals surface area contributed by atoms with Gasteiger partial charge in [-0.25, -0.2) is 4.79 Å². The van der Waals surface area contributed by atoms with Crippen LogP contribution in [-0.2, 0) is 4.79 Å². The van der Waals surface area contributed by atoms with Gasteiger partial charge in [0.1, 0.15) is 11.5 Å². The topological polar surface area (TPSA) is 59.3 Å². The molecule has 0 amide bonds. The molecule has 0 aliphatic heterocycles. The van der Waals surface area contributed by atoms with Crippen molar-refractivity contribution in [2.45, 2.75) is 26.2 Å². The average Bonchev–Trinajstić information content (AvgIpc) is 2.60. The predicted octanol–water partition coefficient (Wildman–Crippen LogP) is 4.06. The third-order valence-corrected chi connectivity index (χ3v) is 3.63. The van der Waals surface area contributed by atoms with Crippen molar-refractivity contribution in [2.24, 2.45) is 0 Å². The number of nitrogens with zero attached hydrogens (tertiary/aromatic N) is 1. The number of carbonyl (C=O) groups is 1. The number of nitriles is 1. The number of carbonyl (C=O) groups excluding carboxylic acids is 1. The Balaban J connectivity index is 1.85. The monoisotopic (exact) mass is 309 g/mol. The summed E-state index contributed by atoms with van der Waals surface area (Å²) in [5.41, 5.74) is 1.77. The summed E-state index contributed by atoms with van der Waals surface area (Å²) in [6.45, 7) is 4.12. The first-order chi connectivity index (χ1) is 11.1. The van der Waals surface area contributed by atoms with Crippen molar-refractivity contribution in [3.8, 4) is 17.6 Å². The maximum atomic E-state index is 11.8. The van der Waals surface area contributed by atoms with E-state index in [0.29, 0.717) is 23.0 Å². The van der Waals surface area contributed by atoms with Crippen molar-refractivity contribution < 1.29 is 14.3 Å². The summed E-state index contributed by atoms with van der Waals surface area (Å²) in [6, 6.07) is 16.1. The van der Waals surface area contributed by atoms with E-state index in [-0.39, 0.29) is 6.61 Å². The Morgan fingerprint density at radius 2 is 1.70 bits per heavy atom. The minimum absolute atomic E-state index is 0.182. The maximum absolute atomic E-state index is 11.8. The van der Waals surface area contributed by atoms with Crippen molar-refractivity contribution in [3.63, 3.8) is 0 Å². The van der Waals surface area contributed by atoms with Gasteiger partial charge in [0.15, 0.2) is 6.61 Å². The third-order valence-electron chi connectivity index (χ3n) is 3.63. The van der Waals surface area contributed by atoms with Crippen LogP contribution in [0.3, 0.4) is 0 Å². The van der Waals surface area contributed by atoms with Crippen LogP contribution >= 0.6 is 0 Å². The molecule has 2 aromatic rings. The standard InChI is InChI=1S/C19H19NO3/c1-3-14(2)16-6-10-18(11-7-16)23-19(21)13-22-17-8-4-15(12-20)5-9-17/h4-11,14H,3,13H2,1-2H3/t14-/m0/s1. The van der Waals surface area contributed by atoms with Gasteiger partial charge >= 0.3 is 5.97 Å². The highest BCUT2D eigenvalue weighted by Gasteiger charge is 2.08. The molecule has 0 spiro atoms. The van der Waals surface area contributed by atoms with E-state index in [1.165, 1.54) is 5.56 Å². The Kier molecular flexibility index (Phi) is 5.76. The van der Waals surface area contributed by atoms with Crippen molar-refractivity contribution in [1.29, 1.82) is 5.26 Å². The van der Waals surface area contributed by atoms with E-state index in [0.717, 1.165) is 6.42 Å². The fourth-order valence-corrected chi connectivity index (χ4v) is 2.03. The van der Waals surface area contributed by atoms with Gasteiger partial charge in [-0.1, -0.05) is 26.0 Å². The van der Waals surface area contributed by atoms with Crippen LogP contribution in [0.25, 0.3) is 0 Å². The third kappa shape index (κ3) is 4.86. The lowest BCUT2D eigenvalue weighted by Crippen LogP contribution is -2.17. The second kappa shape index (κ2) is 8.00. The van der Waals surface area contributed by atoms with E-state index in [2.05, 4.69) is 13.8 Å². The van der Waals surface area contributed by atoms with Crippen LogP contribution in [0.1, 0.15) is 37.3 Å². The van der Waals surface area contributed by atoms with E-state index >= 15 is 0 Å². The van der Waals surface area contributed by atoms with Crippen LogP contribution < -0.4 is 9.47 Å². The van der Waals surface area contributed by atoms with Crippen molar-refractivity contribution >= 4 is 5.97 Å². The maximum Gasteiger partial charge on any atom is 0.349 e. The van der Waals surface area contributed by atoms with Crippen molar-refractivity contribution in [1.82, 2.24) is 0 Å². The molecule has 0 aliphatic carbocycles. The molecule has 0 fully saturated rings. The fraction of sp³-hybridized carbons (Fsp3) is 0.263. The van der Waals surface area contributed by atoms with Gasteiger partial charge in [0, 0.05) is 0 Å². The van der Waals surface area contributed by atoms with Crippen LogP contribution in [0, 0.1) is 11.3 Å². The summed E-state index contributed by atoms with van der Waals surface area (Å²) in [4.78, 5) is 11.8. The highest BCUT2D eigenvalue weighted by Crippen LogP contribution is 2.21. The lowest BCUT2D eigenvalue weighted by Gasteiger charge is -2.10. The quantitative estimate of drug-likeness (QED) is 0.596. The van der Waals surface area contributed by atoms with E-state index in [1.54, 1.807) is 36.4 Å². The van der Waals surface area contributed by atoms with Crippen molar-refractivity contribution in [2.75, 3.05) is 6.61 Å². The zero-order valence-corrected chi connectivity index (χ0v) is 13.3. The number of rotatable bonds is 6. The Morgan fingerprint density at radius 3 is 2.26 bits per heavy atom. The molecule has 0 N–H and O–H groups in total. The molecule has 23 heavy (non-hydrogen) atoms. The van der Waals surface area contributed by atoms with Gasteiger partial charge in [0.2, 0.25) is 0 Å². The highest BCUT2D eigenvalue weighted by molar-refractivity contribution is 5.74. The number of hydrogen-bond donors (Lipinski definition) is 0. The summed E-state index contributed by atoms with van der Waals surface area (Å²) in [6.07, 6.45) is 1.07. The summed E-state index contributed by atoms with van der Waals surface area (Å²) >= 11 is 0. The van der Waals surface area contributed by atoms with Crippen LogP contribution in [0.15, 0.2) is 48.5 Å². The van der Waals surface area contributed by atoms with Crippen LogP contribution in [0.2, 0.25) is 0 Å². The van der Waals surface area contributed by atoms with Gasteiger partial charge in [-0.15, -0.1) is 0 Å². The van der Waals surface area contributed by atoms with Gasteiger partial charge in [-0.2, -0.15) is 5.26 Å². The van der Waals surface area contributed by atoms with E-state index in [9.17, 15) is 4.79 Å². The van der Waals surface area contributed by atoms with Crippen LogP contribution in [0.5, 0.6) is 11.5 Å². The molecule has 118 valence electrons.